The third-order valence-electron chi connectivity index (χ3n) is 5.84. The molecule has 5 aromatic rings. The number of ether oxygens (including phenoxy) is 3. The Morgan fingerprint density at radius 2 is 1.73 bits per heavy atom. The van der Waals surface area contributed by atoms with Crippen LogP contribution in [0.1, 0.15) is 0 Å². The molecule has 0 aliphatic carbocycles. The highest BCUT2D eigenvalue weighted by atomic mass is 32.2. The van der Waals surface area contributed by atoms with Crippen LogP contribution in [0.3, 0.4) is 0 Å². The molecule has 9 nitrogen and oxygen atoms in total. The Hall–Kier alpha value is -4.44. The second-order valence-electron chi connectivity index (χ2n) is 8.00. The number of nitrogens with one attached hydrogen (secondary N) is 2. The number of rotatable bonds is 8. The number of para-hydroxylation sites is 3. The standard InChI is InChI=1S/C27H24N4O5S/c1-34-16-12-13-19(22(14-16)36-3)28-23(32)15-37-27-30-24-17-8-4-5-9-18(17)29-25(24)26(33)31(27)20-10-6-7-11-21(20)35-2/h4-14,29H,15H2,1-3H3,(H,28,32). The zero-order chi connectivity index (χ0) is 25.9. The predicted octanol–water partition coefficient (Wildman–Crippen LogP) is 4.62. The van der Waals surface area contributed by atoms with Crippen LogP contribution in [0.2, 0.25) is 0 Å². The fourth-order valence-corrected chi connectivity index (χ4v) is 4.88. The summed E-state index contributed by atoms with van der Waals surface area (Å²) in [5.74, 6) is 1.32. The average Bonchev–Trinajstić information content (AvgIpc) is 3.31. The van der Waals surface area contributed by atoms with Gasteiger partial charge in [0.05, 0.1) is 38.5 Å². The van der Waals surface area contributed by atoms with Crippen LogP contribution in [-0.2, 0) is 4.79 Å². The number of methoxy groups -OCH3 is 3. The van der Waals surface area contributed by atoms with E-state index in [1.165, 1.54) is 11.7 Å². The third-order valence-corrected chi connectivity index (χ3v) is 6.77. The van der Waals surface area contributed by atoms with E-state index in [1.807, 2.05) is 36.4 Å². The maximum atomic E-state index is 13.8. The molecule has 0 spiro atoms. The first kappa shape index (κ1) is 24.3. The van der Waals surface area contributed by atoms with Gasteiger partial charge in [-0.2, -0.15) is 0 Å². The van der Waals surface area contributed by atoms with Crippen LogP contribution < -0.4 is 25.1 Å². The van der Waals surface area contributed by atoms with Gasteiger partial charge in [0.15, 0.2) is 5.16 Å². The van der Waals surface area contributed by atoms with Gasteiger partial charge in [-0.05, 0) is 30.3 Å². The van der Waals surface area contributed by atoms with E-state index in [4.69, 9.17) is 19.2 Å². The lowest BCUT2D eigenvalue weighted by Crippen LogP contribution is -2.23. The van der Waals surface area contributed by atoms with E-state index in [2.05, 4.69) is 10.3 Å². The quantitative estimate of drug-likeness (QED) is 0.229. The first-order chi connectivity index (χ1) is 18.0. The number of aromatic nitrogens is 3. The smallest absolute Gasteiger partial charge is 0.283 e. The Morgan fingerprint density at radius 3 is 2.51 bits per heavy atom. The Balaban J connectivity index is 1.54. The molecule has 0 bridgehead atoms. The molecule has 188 valence electrons. The van der Waals surface area contributed by atoms with Gasteiger partial charge in [0, 0.05) is 17.0 Å². The summed E-state index contributed by atoms with van der Waals surface area (Å²) in [5.41, 5.74) is 2.49. The highest BCUT2D eigenvalue weighted by Gasteiger charge is 2.20. The lowest BCUT2D eigenvalue weighted by molar-refractivity contribution is -0.113. The molecule has 5 rings (SSSR count). The highest BCUT2D eigenvalue weighted by Crippen LogP contribution is 2.31. The maximum absolute atomic E-state index is 13.8. The van der Waals surface area contributed by atoms with Gasteiger partial charge in [0.1, 0.15) is 28.3 Å². The Bertz CT molecular complexity index is 1680. The number of amides is 1. The summed E-state index contributed by atoms with van der Waals surface area (Å²) < 4.78 is 17.6. The molecule has 1 amide bonds. The van der Waals surface area contributed by atoms with Crippen molar-refractivity contribution in [3.05, 3.63) is 77.1 Å². The van der Waals surface area contributed by atoms with Gasteiger partial charge in [-0.25, -0.2) is 9.55 Å². The maximum Gasteiger partial charge on any atom is 0.283 e. The van der Waals surface area contributed by atoms with Crippen molar-refractivity contribution in [1.29, 1.82) is 0 Å². The van der Waals surface area contributed by atoms with Gasteiger partial charge in [-0.15, -0.1) is 0 Å². The topological polar surface area (TPSA) is 107 Å². The molecular weight excluding hydrogens is 492 g/mol. The van der Waals surface area contributed by atoms with Crippen molar-refractivity contribution in [2.24, 2.45) is 0 Å². The lowest BCUT2D eigenvalue weighted by atomic mass is 10.2. The Labute approximate surface area is 216 Å². The molecule has 0 atom stereocenters. The molecule has 0 aliphatic heterocycles. The average molecular weight is 517 g/mol. The van der Waals surface area contributed by atoms with Crippen LogP contribution >= 0.6 is 11.8 Å². The summed E-state index contributed by atoms with van der Waals surface area (Å²) in [4.78, 5) is 34.7. The third kappa shape index (κ3) is 4.58. The van der Waals surface area contributed by atoms with E-state index in [-0.39, 0.29) is 17.2 Å². The fraction of sp³-hybridized carbons (Fsp3) is 0.148. The molecule has 0 radical (unpaired) electrons. The van der Waals surface area contributed by atoms with Gasteiger partial charge in [-0.1, -0.05) is 42.1 Å². The number of fused-ring (bicyclic) bond motifs is 3. The number of thioether (sulfide) groups is 1. The Kier molecular flexibility index (Phi) is 6.74. The van der Waals surface area contributed by atoms with Crippen LogP contribution in [0.25, 0.3) is 27.6 Å². The van der Waals surface area contributed by atoms with E-state index in [0.717, 1.165) is 22.7 Å². The molecule has 3 aromatic carbocycles. The first-order valence-corrected chi connectivity index (χ1v) is 12.3. The van der Waals surface area contributed by atoms with Gasteiger partial charge in [-0.3, -0.25) is 9.59 Å². The van der Waals surface area contributed by atoms with Crippen molar-refractivity contribution < 1.29 is 19.0 Å². The summed E-state index contributed by atoms with van der Waals surface area (Å²) in [6, 6.07) is 19.9. The molecule has 2 N–H and O–H groups in total. The SMILES string of the molecule is COc1ccc(NC(=O)CSc2nc3c([nH]c4ccccc43)c(=O)n2-c2ccccc2OC)c(OC)c1. The summed E-state index contributed by atoms with van der Waals surface area (Å²) in [7, 11) is 4.62. The molecular formula is C27H24N4O5S. The number of nitrogens with zero attached hydrogens (tertiary/aromatic N) is 2. The number of hydrogen-bond donors (Lipinski definition) is 2. The lowest BCUT2D eigenvalue weighted by Gasteiger charge is -2.15. The second kappa shape index (κ2) is 10.3. The van der Waals surface area contributed by atoms with Gasteiger partial charge < -0.3 is 24.5 Å². The van der Waals surface area contributed by atoms with E-state index >= 15 is 0 Å². The van der Waals surface area contributed by atoms with E-state index in [1.54, 1.807) is 44.6 Å². The van der Waals surface area contributed by atoms with Crippen molar-refractivity contribution in [3.8, 4) is 22.9 Å². The Morgan fingerprint density at radius 1 is 0.973 bits per heavy atom. The number of H-pyrrole nitrogens is 1. The summed E-state index contributed by atoms with van der Waals surface area (Å²) in [6.45, 7) is 0. The largest absolute Gasteiger partial charge is 0.497 e. The van der Waals surface area contributed by atoms with Crippen LogP contribution in [-0.4, -0.2) is 47.5 Å². The molecule has 0 unspecified atom stereocenters. The van der Waals surface area contributed by atoms with E-state index in [0.29, 0.717) is 44.8 Å². The molecule has 0 saturated carbocycles. The predicted molar refractivity (Wildman–Crippen MR) is 145 cm³/mol. The van der Waals surface area contributed by atoms with Crippen molar-refractivity contribution in [2.45, 2.75) is 5.16 Å². The molecule has 0 saturated heterocycles. The normalized spacial score (nSPS) is 11.0. The van der Waals surface area contributed by atoms with Gasteiger partial charge >= 0.3 is 0 Å². The number of aromatic amines is 1. The summed E-state index contributed by atoms with van der Waals surface area (Å²) in [5, 5.41) is 4.05. The molecule has 10 heteroatoms. The summed E-state index contributed by atoms with van der Waals surface area (Å²) in [6.07, 6.45) is 0. The number of benzene rings is 3. The molecule has 0 fully saturated rings. The molecule has 0 aliphatic rings. The number of carbonyl (C=O) groups excluding carboxylic acids is 1. The zero-order valence-corrected chi connectivity index (χ0v) is 21.2. The zero-order valence-electron chi connectivity index (χ0n) is 20.4. The van der Waals surface area contributed by atoms with E-state index in [9.17, 15) is 9.59 Å². The summed E-state index contributed by atoms with van der Waals surface area (Å²) >= 11 is 1.16. The molecule has 37 heavy (non-hydrogen) atoms. The minimum absolute atomic E-state index is 0.00460. The van der Waals surface area contributed by atoms with Crippen LogP contribution in [0.4, 0.5) is 5.69 Å². The minimum Gasteiger partial charge on any atom is -0.497 e. The van der Waals surface area contributed by atoms with Crippen LogP contribution in [0, 0.1) is 0 Å². The van der Waals surface area contributed by atoms with Gasteiger partial charge in [0.2, 0.25) is 5.91 Å². The van der Waals surface area contributed by atoms with Crippen molar-refractivity contribution in [1.82, 2.24) is 14.5 Å². The van der Waals surface area contributed by atoms with Crippen LogP contribution in [0.15, 0.2) is 76.7 Å². The fourth-order valence-electron chi connectivity index (χ4n) is 4.08. The first-order valence-electron chi connectivity index (χ1n) is 11.4. The van der Waals surface area contributed by atoms with Gasteiger partial charge in [0.25, 0.3) is 5.56 Å². The highest BCUT2D eigenvalue weighted by molar-refractivity contribution is 7.99. The van der Waals surface area contributed by atoms with Crippen molar-refractivity contribution in [2.75, 3.05) is 32.4 Å². The van der Waals surface area contributed by atoms with Crippen molar-refractivity contribution in [3.63, 3.8) is 0 Å². The van der Waals surface area contributed by atoms with E-state index < -0.39 is 0 Å². The number of carbonyl (C=O) groups is 1. The minimum atomic E-state index is -0.287. The molecule has 2 aromatic heterocycles. The number of hydrogen-bond acceptors (Lipinski definition) is 7. The second-order valence-corrected chi connectivity index (χ2v) is 8.95. The van der Waals surface area contributed by atoms with Crippen LogP contribution in [0.5, 0.6) is 17.2 Å². The number of anilines is 1. The van der Waals surface area contributed by atoms with Crippen molar-refractivity contribution >= 4 is 45.3 Å². The monoisotopic (exact) mass is 516 g/mol. The molecule has 2 heterocycles.